The van der Waals surface area contributed by atoms with Crippen LogP contribution in [0, 0.1) is 6.92 Å². The van der Waals surface area contributed by atoms with Crippen molar-refractivity contribution in [3.63, 3.8) is 0 Å². The first-order valence-electron chi connectivity index (χ1n) is 8.66. The van der Waals surface area contributed by atoms with Gasteiger partial charge in [0.1, 0.15) is 0 Å². The SMILES string of the molecule is Cc1c(Cl)cccc1NC(=O)CSc1nnc(-c2ccncc2)n1C1CC1. The molecule has 1 aromatic carbocycles. The van der Waals surface area contributed by atoms with Crippen LogP contribution in [-0.2, 0) is 4.79 Å². The van der Waals surface area contributed by atoms with E-state index in [2.05, 4.69) is 25.1 Å². The number of halogens is 1. The lowest BCUT2D eigenvalue weighted by atomic mass is 10.2. The number of thioether (sulfide) groups is 1. The molecule has 1 saturated carbocycles. The van der Waals surface area contributed by atoms with E-state index >= 15 is 0 Å². The average molecular weight is 400 g/mol. The molecule has 2 heterocycles. The van der Waals surface area contributed by atoms with E-state index in [0.717, 1.165) is 40.6 Å². The fourth-order valence-corrected chi connectivity index (χ4v) is 3.77. The van der Waals surface area contributed by atoms with Gasteiger partial charge in [-0.25, -0.2) is 0 Å². The van der Waals surface area contributed by atoms with Crippen LogP contribution in [0.4, 0.5) is 5.69 Å². The third kappa shape index (κ3) is 3.99. The largest absolute Gasteiger partial charge is 0.325 e. The summed E-state index contributed by atoms with van der Waals surface area (Å²) >= 11 is 7.51. The van der Waals surface area contributed by atoms with Gasteiger partial charge in [-0.05, 0) is 49.6 Å². The quantitative estimate of drug-likeness (QED) is 0.623. The van der Waals surface area contributed by atoms with E-state index in [-0.39, 0.29) is 11.7 Å². The number of benzene rings is 1. The van der Waals surface area contributed by atoms with E-state index in [1.54, 1.807) is 18.5 Å². The van der Waals surface area contributed by atoms with Crippen LogP contribution in [-0.4, -0.2) is 31.4 Å². The molecule has 1 fully saturated rings. The number of aromatic nitrogens is 4. The minimum Gasteiger partial charge on any atom is -0.325 e. The second-order valence-corrected chi connectivity index (χ2v) is 7.74. The predicted octanol–water partition coefficient (Wildman–Crippen LogP) is 4.37. The van der Waals surface area contributed by atoms with Gasteiger partial charge in [-0.1, -0.05) is 29.4 Å². The number of nitrogens with one attached hydrogen (secondary N) is 1. The first-order valence-corrected chi connectivity index (χ1v) is 10.0. The molecular weight excluding hydrogens is 382 g/mol. The van der Waals surface area contributed by atoms with Crippen LogP contribution in [0.3, 0.4) is 0 Å². The number of amides is 1. The first kappa shape index (κ1) is 18.0. The maximum absolute atomic E-state index is 12.4. The highest BCUT2D eigenvalue weighted by atomic mass is 35.5. The molecule has 2 aromatic heterocycles. The summed E-state index contributed by atoms with van der Waals surface area (Å²) in [7, 11) is 0. The van der Waals surface area contributed by atoms with Crippen molar-refractivity contribution in [3.05, 3.63) is 53.3 Å². The fraction of sp³-hybridized carbons (Fsp3) is 0.263. The monoisotopic (exact) mass is 399 g/mol. The smallest absolute Gasteiger partial charge is 0.234 e. The van der Waals surface area contributed by atoms with Gasteiger partial charge in [0.05, 0.1) is 5.75 Å². The van der Waals surface area contributed by atoms with Crippen LogP contribution >= 0.6 is 23.4 Å². The van der Waals surface area contributed by atoms with Crippen molar-refractivity contribution >= 4 is 35.0 Å². The Morgan fingerprint density at radius 1 is 1.26 bits per heavy atom. The second-order valence-electron chi connectivity index (χ2n) is 6.39. The first-order chi connectivity index (χ1) is 13.1. The van der Waals surface area contributed by atoms with Crippen LogP contribution < -0.4 is 5.32 Å². The average Bonchev–Trinajstić information content (AvgIpc) is 3.43. The Morgan fingerprint density at radius 2 is 2.04 bits per heavy atom. The molecule has 0 bridgehead atoms. The Balaban J connectivity index is 1.48. The summed E-state index contributed by atoms with van der Waals surface area (Å²) in [6.45, 7) is 1.88. The number of hydrogen-bond donors (Lipinski definition) is 1. The van der Waals surface area contributed by atoms with E-state index in [9.17, 15) is 4.79 Å². The Morgan fingerprint density at radius 3 is 2.78 bits per heavy atom. The van der Waals surface area contributed by atoms with Crippen molar-refractivity contribution in [2.45, 2.75) is 31.0 Å². The van der Waals surface area contributed by atoms with Gasteiger partial charge in [0.15, 0.2) is 11.0 Å². The zero-order valence-electron chi connectivity index (χ0n) is 14.7. The van der Waals surface area contributed by atoms with E-state index in [0.29, 0.717) is 11.1 Å². The van der Waals surface area contributed by atoms with Crippen LogP contribution in [0.5, 0.6) is 0 Å². The molecule has 3 aromatic rings. The Bertz CT molecular complexity index is 971. The lowest BCUT2D eigenvalue weighted by Gasteiger charge is -2.10. The fourth-order valence-electron chi connectivity index (χ4n) is 2.79. The summed E-state index contributed by atoms with van der Waals surface area (Å²) in [4.78, 5) is 16.4. The zero-order chi connectivity index (χ0) is 18.8. The molecular formula is C19H18ClN5OS. The van der Waals surface area contributed by atoms with Gasteiger partial charge in [-0.15, -0.1) is 10.2 Å². The number of pyridine rings is 1. The van der Waals surface area contributed by atoms with Crippen molar-refractivity contribution in [1.29, 1.82) is 0 Å². The summed E-state index contributed by atoms with van der Waals surface area (Å²) in [5.41, 5.74) is 2.57. The summed E-state index contributed by atoms with van der Waals surface area (Å²) in [6.07, 6.45) is 5.71. The molecule has 1 N–H and O–H groups in total. The van der Waals surface area contributed by atoms with E-state index in [1.807, 2.05) is 31.2 Å². The summed E-state index contributed by atoms with van der Waals surface area (Å²) in [5.74, 6) is 0.988. The van der Waals surface area contributed by atoms with Crippen molar-refractivity contribution in [2.24, 2.45) is 0 Å². The molecule has 1 aliphatic carbocycles. The van der Waals surface area contributed by atoms with Gasteiger partial charge in [0.2, 0.25) is 5.91 Å². The topological polar surface area (TPSA) is 72.7 Å². The van der Waals surface area contributed by atoms with Gasteiger partial charge >= 0.3 is 0 Å². The Labute approximate surface area is 166 Å². The Hall–Kier alpha value is -2.38. The molecule has 0 unspecified atom stereocenters. The number of nitrogens with zero attached hydrogens (tertiary/aromatic N) is 4. The predicted molar refractivity (Wildman–Crippen MR) is 107 cm³/mol. The number of carbonyl (C=O) groups is 1. The number of hydrogen-bond acceptors (Lipinski definition) is 5. The highest BCUT2D eigenvalue weighted by Gasteiger charge is 2.30. The highest BCUT2D eigenvalue weighted by molar-refractivity contribution is 7.99. The molecule has 0 aliphatic heterocycles. The molecule has 0 spiro atoms. The lowest BCUT2D eigenvalue weighted by Crippen LogP contribution is -2.15. The second kappa shape index (κ2) is 7.70. The molecule has 0 saturated heterocycles. The molecule has 1 aliphatic rings. The number of anilines is 1. The molecule has 27 heavy (non-hydrogen) atoms. The van der Waals surface area contributed by atoms with Crippen LogP contribution in [0.25, 0.3) is 11.4 Å². The molecule has 4 rings (SSSR count). The van der Waals surface area contributed by atoms with Crippen molar-refractivity contribution < 1.29 is 4.79 Å². The van der Waals surface area contributed by atoms with Gasteiger partial charge in [-0.3, -0.25) is 14.3 Å². The third-order valence-electron chi connectivity index (χ3n) is 4.39. The van der Waals surface area contributed by atoms with Crippen LogP contribution in [0.15, 0.2) is 47.9 Å². The van der Waals surface area contributed by atoms with E-state index < -0.39 is 0 Å². The summed E-state index contributed by atoms with van der Waals surface area (Å²) < 4.78 is 2.14. The number of rotatable bonds is 6. The van der Waals surface area contributed by atoms with Crippen LogP contribution in [0.1, 0.15) is 24.4 Å². The normalized spacial score (nSPS) is 13.6. The van der Waals surface area contributed by atoms with E-state index in [1.165, 1.54) is 11.8 Å². The molecule has 0 radical (unpaired) electrons. The molecule has 0 atom stereocenters. The van der Waals surface area contributed by atoms with Crippen LogP contribution in [0.2, 0.25) is 5.02 Å². The summed E-state index contributed by atoms with van der Waals surface area (Å²) in [5, 5.41) is 13.0. The minimum atomic E-state index is -0.0961. The van der Waals surface area contributed by atoms with Gasteiger partial charge < -0.3 is 5.32 Å². The highest BCUT2D eigenvalue weighted by Crippen LogP contribution is 2.41. The molecule has 8 heteroatoms. The third-order valence-corrected chi connectivity index (χ3v) is 5.74. The standard InChI is InChI=1S/C19H18ClN5OS/c1-12-15(20)3-2-4-16(12)22-17(26)11-27-19-24-23-18(25(19)14-5-6-14)13-7-9-21-10-8-13/h2-4,7-10,14H,5-6,11H2,1H3,(H,22,26). The molecule has 6 nitrogen and oxygen atoms in total. The van der Waals surface area contributed by atoms with Gasteiger partial charge in [0.25, 0.3) is 0 Å². The molecule has 1 amide bonds. The minimum absolute atomic E-state index is 0.0961. The van der Waals surface area contributed by atoms with Crippen molar-refractivity contribution in [2.75, 3.05) is 11.1 Å². The molecule has 138 valence electrons. The van der Waals surface area contributed by atoms with Gasteiger partial charge in [0, 0.05) is 34.7 Å². The van der Waals surface area contributed by atoms with Gasteiger partial charge in [-0.2, -0.15) is 0 Å². The van der Waals surface area contributed by atoms with Crippen molar-refractivity contribution in [1.82, 2.24) is 19.7 Å². The number of carbonyl (C=O) groups excluding carboxylic acids is 1. The van der Waals surface area contributed by atoms with E-state index in [4.69, 9.17) is 11.6 Å². The maximum Gasteiger partial charge on any atom is 0.234 e. The summed E-state index contributed by atoms with van der Waals surface area (Å²) in [6, 6.07) is 9.72. The maximum atomic E-state index is 12.4. The zero-order valence-corrected chi connectivity index (χ0v) is 16.3. The lowest BCUT2D eigenvalue weighted by molar-refractivity contribution is -0.113. The Kier molecular flexibility index (Phi) is 5.13. The van der Waals surface area contributed by atoms with Crippen molar-refractivity contribution in [3.8, 4) is 11.4 Å².